The molecule has 4 heterocycles. The molecule has 0 bridgehead atoms. The highest BCUT2D eigenvalue weighted by molar-refractivity contribution is 7.90. The fourth-order valence-electron chi connectivity index (χ4n) is 10.0. The number of pyridine rings is 1. The number of sulfonamides is 1. The number of hydrogen-bond donors (Lipinski definition) is 1. The Bertz CT molecular complexity index is 2170. The van der Waals surface area contributed by atoms with Gasteiger partial charge in [-0.2, -0.15) is 0 Å². The van der Waals surface area contributed by atoms with E-state index in [0.29, 0.717) is 42.9 Å². The predicted molar refractivity (Wildman–Crippen MR) is 203 cm³/mol. The van der Waals surface area contributed by atoms with Gasteiger partial charge in [0, 0.05) is 29.8 Å². The summed E-state index contributed by atoms with van der Waals surface area (Å²) in [6.07, 6.45) is 6.19. The second kappa shape index (κ2) is 14.4. The van der Waals surface area contributed by atoms with E-state index in [0.717, 1.165) is 19.3 Å². The maximum Gasteiger partial charge on any atom is 0.586 e. The zero-order valence-corrected chi connectivity index (χ0v) is 33.4. The van der Waals surface area contributed by atoms with Crippen LogP contribution in [-0.2, 0) is 33.9 Å². The Morgan fingerprint density at radius 3 is 2.52 bits per heavy atom. The molecule has 0 radical (unpaired) electrons. The summed E-state index contributed by atoms with van der Waals surface area (Å²) >= 11 is 0. The van der Waals surface area contributed by atoms with Crippen LogP contribution in [0.25, 0.3) is 10.8 Å². The first-order valence-corrected chi connectivity index (χ1v) is 22.2. The summed E-state index contributed by atoms with van der Waals surface area (Å²) in [5, 5.41) is -0.0228. The average Bonchev–Trinajstić information content (AvgIpc) is 4.12. The van der Waals surface area contributed by atoms with Crippen molar-refractivity contribution in [2.75, 3.05) is 6.54 Å². The van der Waals surface area contributed by atoms with Crippen LogP contribution in [0.2, 0.25) is 0 Å². The Labute approximate surface area is 335 Å². The number of hydrogen-bond acceptors (Lipinski definition) is 11. The number of carbonyl (C=O) groups is 4. The molecule has 3 aliphatic heterocycles. The Morgan fingerprint density at radius 2 is 1.76 bits per heavy atom. The van der Waals surface area contributed by atoms with Crippen molar-refractivity contribution in [3.05, 3.63) is 36.5 Å². The van der Waals surface area contributed by atoms with Crippen molar-refractivity contribution in [3.63, 3.8) is 0 Å². The van der Waals surface area contributed by atoms with Gasteiger partial charge in [0.25, 0.3) is 0 Å². The van der Waals surface area contributed by atoms with Crippen LogP contribution in [0.1, 0.15) is 90.9 Å². The second-order valence-electron chi connectivity index (χ2n) is 18.0. The van der Waals surface area contributed by atoms with Crippen molar-refractivity contribution in [2.45, 2.75) is 121 Å². The minimum atomic E-state index is -3.90. The molecule has 1 aromatic heterocycles. The van der Waals surface area contributed by atoms with Crippen LogP contribution < -0.4 is 18.9 Å². The molecule has 16 heteroatoms. The van der Waals surface area contributed by atoms with Crippen molar-refractivity contribution < 1.29 is 55.3 Å². The first kappa shape index (κ1) is 39.1. The molecular weight excluding hydrogens is 777 g/mol. The van der Waals surface area contributed by atoms with E-state index in [1.807, 2.05) is 19.1 Å². The minimum absolute atomic E-state index is 0.0106. The van der Waals surface area contributed by atoms with E-state index in [-0.39, 0.29) is 78.9 Å². The summed E-state index contributed by atoms with van der Waals surface area (Å²) in [4.78, 5) is 62.9. The van der Waals surface area contributed by atoms with Crippen molar-refractivity contribution >= 4 is 44.4 Å². The summed E-state index contributed by atoms with van der Waals surface area (Å²) in [7, 11) is -3.90. The molecule has 5 fully saturated rings. The van der Waals surface area contributed by atoms with E-state index in [1.165, 1.54) is 35.7 Å². The minimum Gasteiger partial charge on any atom is -0.472 e. The lowest BCUT2D eigenvalue weighted by molar-refractivity contribution is -0.286. The van der Waals surface area contributed by atoms with Crippen molar-refractivity contribution in [1.29, 1.82) is 0 Å². The van der Waals surface area contributed by atoms with Gasteiger partial charge in [-0.05, 0) is 106 Å². The molecule has 1 N–H and O–H groups in total. The molecule has 2 amide bonds. The number of amides is 2. The number of Topliss-reactive ketones (excluding diaryl/α,β-unsaturated/α-hetero) is 1. The van der Waals surface area contributed by atoms with Crippen molar-refractivity contribution in [1.82, 2.24) is 14.6 Å². The monoisotopic (exact) mass is 825 g/mol. The van der Waals surface area contributed by atoms with E-state index >= 15 is 0 Å². The van der Waals surface area contributed by atoms with Crippen LogP contribution in [0.5, 0.6) is 17.4 Å². The lowest BCUT2D eigenvalue weighted by atomic mass is 9.82. The first-order chi connectivity index (χ1) is 27.6. The molecule has 4 aliphatic carbocycles. The van der Waals surface area contributed by atoms with Crippen LogP contribution in [0, 0.1) is 40.9 Å². The Hall–Kier alpha value is -4.34. The Balaban J connectivity index is 1.02. The van der Waals surface area contributed by atoms with Gasteiger partial charge < -0.3 is 23.8 Å². The summed E-state index contributed by atoms with van der Waals surface area (Å²) in [6, 6.07) is 3.26. The quantitative estimate of drug-likeness (QED) is 0.251. The van der Waals surface area contributed by atoms with Crippen LogP contribution in [-0.4, -0.2) is 78.2 Å². The van der Waals surface area contributed by atoms with Gasteiger partial charge >= 0.3 is 12.3 Å². The van der Waals surface area contributed by atoms with Gasteiger partial charge in [-0.1, -0.05) is 26.0 Å². The molecular formula is C42H49F2N3O10S. The number of halogens is 2. The van der Waals surface area contributed by atoms with Gasteiger partial charge in [0.05, 0.1) is 35.6 Å². The smallest absolute Gasteiger partial charge is 0.472 e. The molecule has 1 unspecified atom stereocenters. The Morgan fingerprint density at radius 1 is 0.983 bits per heavy atom. The molecule has 312 valence electrons. The van der Waals surface area contributed by atoms with Crippen molar-refractivity contribution in [2.24, 2.45) is 40.9 Å². The van der Waals surface area contributed by atoms with Crippen molar-refractivity contribution in [3.8, 4) is 17.4 Å². The highest BCUT2D eigenvalue weighted by Crippen LogP contribution is 2.58. The lowest BCUT2D eigenvalue weighted by Gasteiger charge is -2.32. The van der Waals surface area contributed by atoms with Gasteiger partial charge in [0.1, 0.15) is 12.2 Å². The number of rotatable bonds is 8. The molecule has 13 nitrogen and oxygen atoms in total. The van der Waals surface area contributed by atoms with Gasteiger partial charge in [-0.25, -0.2) is 13.4 Å². The normalized spacial score (nSPS) is 35.9. The maximum absolute atomic E-state index is 15.0. The fourth-order valence-corrected chi connectivity index (χ4v) is 11.4. The third kappa shape index (κ3) is 7.65. The molecule has 10 atom stereocenters. The van der Waals surface area contributed by atoms with E-state index in [9.17, 15) is 36.4 Å². The number of ketones is 1. The number of alkyl halides is 2. The summed E-state index contributed by atoms with van der Waals surface area (Å²) < 4.78 is 78.0. The summed E-state index contributed by atoms with van der Waals surface area (Å²) in [5.74, 6) is -2.30. The van der Waals surface area contributed by atoms with E-state index in [2.05, 4.69) is 21.4 Å². The maximum atomic E-state index is 15.0. The molecule has 7 aliphatic rings. The SMILES string of the molecule is C[C@@H]1CC/C=C\[C@@H]2C[C@@]2(C(=O)NS(=O)(=O)C2CC2)CC(=O)[C@@H]2C[C@@H](Oc3nccc4c5c(ccc34)OC(F)(F)O5)CN2C(=O)[C@@H](CC(=O)OC2C[C@@H]3C[C@@H]3C2)[C@H](C)C1. The molecule has 9 rings (SSSR count). The topological polar surface area (TPSA) is 168 Å². The zero-order chi connectivity index (χ0) is 40.7. The lowest BCUT2D eigenvalue weighted by Crippen LogP contribution is -2.47. The highest BCUT2D eigenvalue weighted by Gasteiger charge is 2.62. The number of fused-ring (bicyclic) bond motifs is 6. The van der Waals surface area contributed by atoms with Crippen LogP contribution in [0.15, 0.2) is 36.5 Å². The van der Waals surface area contributed by atoms with Gasteiger partial charge in [0.2, 0.25) is 27.7 Å². The van der Waals surface area contributed by atoms with E-state index < -0.39 is 68.6 Å². The summed E-state index contributed by atoms with van der Waals surface area (Å²) in [6.45, 7) is 3.99. The van der Waals surface area contributed by atoms with Gasteiger partial charge in [-0.15, -0.1) is 8.78 Å². The number of esters is 1. The number of benzene rings is 1. The van der Waals surface area contributed by atoms with E-state index in [4.69, 9.17) is 14.2 Å². The molecule has 2 aromatic rings. The predicted octanol–water partition coefficient (Wildman–Crippen LogP) is 5.84. The number of ether oxygens (including phenoxy) is 4. The average molecular weight is 826 g/mol. The van der Waals surface area contributed by atoms with E-state index in [1.54, 1.807) is 0 Å². The molecule has 4 saturated carbocycles. The number of nitrogens with one attached hydrogen (secondary N) is 1. The number of carbonyl (C=O) groups excluding carboxylic acids is 4. The Kier molecular flexibility index (Phi) is 9.74. The number of allylic oxidation sites excluding steroid dienone is 2. The third-order valence-corrected chi connectivity index (χ3v) is 15.4. The number of aromatic nitrogens is 1. The number of nitrogens with zero attached hydrogens (tertiary/aromatic N) is 2. The fraction of sp³-hybridized carbons (Fsp3) is 0.643. The highest BCUT2D eigenvalue weighted by atomic mass is 32.2. The first-order valence-electron chi connectivity index (χ1n) is 20.7. The van der Waals surface area contributed by atoms with Gasteiger partial charge in [-0.3, -0.25) is 23.9 Å². The molecule has 58 heavy (non-hydrogen) atoms. The largest absolute Gasteiger partial charge is 0.586 e. The molecule has 1 aromatic carbocycles. The van der Waals surface area contributed by atoms with Crippen LogP contribution in [0.3, 0.4) is 0 Å². The third-order valence-electron chi connectivity index (χ3n) is 13.6. The summed E-state index contributed by atoms with van der Waals surface area (Å²) in [5.41, 5.74) is -1.31. The molecule has 1 saturated heterocycles. The standard InChI is InChI=1S/C42H49F2N3O10S/c1-22-5-3-4-6-26-19-41(26,40(51)46-58(52,53)29-7-8-29)20-34(48)33-17-28(55-38-31-9-10-35-37(30(31)11-12-45-38)57-42(43,44)56-35)21-47(33)39(50)32(23(2)13-22)18-36(49)54-27-15-24-14-25(24)16-27/h4,6,9-12,22-29,32-33H,3,5,7-8,13-21H2,1-2H3,(H,46,51)/b6-4-/t22-,23-,24-,25+,26-,27?,28-,32+,33+,41-/m1/s1. The van der Waals surface area contributed by atoms with Crippen LogP contribution in [0.4, 0.5) is 8.78 Å². The molecule has 0 spiro atoms. The van der Waals surface area contributed by atoms with Crippen LogP contribution >= 0.6 is 0 Å². The second-order valence-corrected chi connectivity index (χ2v) is 20.0. The van der Waals surface area contributed by atoms with Gasteiger partial charge in [0.15, 0.2) is 17.3 Å². The zero-order valence-electron chi connectivity index (χ0n) is 32.6.